The highest BCUT2D eigenvalue weighted by Gasteiger charge is 2.64. The van der Waals surface area contributed by atoms with E-state index in [2.05, 4.69) is 19.8 Å². The zero-order valence-electron chi connectivity index (χ0n) is 18.0. The number of carbonyl (C=O) groups excluding carboxylic acids is 1. The van der Waals surface area contributed by atoms with Crippen LogP contribution in [0, 0.1) is 46.8 Å². The number of hydrogen-bond acceptors (Lipinski definition) is 3. The van der Waals surface area contributed by atoms with Crippen molar-refractivity contribution in [2.24, 2.45) is 34.5 Å². The minimum atomic E-state index is -0.918. The van der Waals surface area contributed by atoms with Crippen LogP contribution in [0.2, 0.25) is 0 Å². The Labute approximate surface area is 170 Å². The lowest BCUT2D eigenvalue weighted by Gasteiger charge is -2.61. The molecule has 8 atom stereocenters. The van der Waals surface area contributed by atoms with Crippen LogP contribution in [-0.4, -0.2) is 41.9 Å². The third-order valence-corrected chi connectivity index (χ3v) is 9.64. The maximum Gasteiger partial charge on any atom is 0.409 e. The summed E-state index contributed by atoms with van der Waals surface area (Å²) in [5.74, 6) is 5.37. The Balaban J connectivity index is 1.51. The lowest BCUT2D eigenvalue weighted by atomic mass is 9.44. The van der Waals surface area contributed by atoms with Crippen LogP contribution in [-0.2, 0) is 4.74 Å². The minimum Gasteiger partial charge on any atom is -0.446 e. The standard InChI is InChI=1S/C24H37NO3/c1-6-24(27)14-11-20-18-8-7-16-15-17(28-21(26)25(4)5)9-12-22(16,2)19(18)10-13-23(20,24)3/h1,16-20,27H,7-15H2,2-5H3/t16-,17+,18+,19-,20-,22-,23-,24+/m0/s1. The van der Waals surface area contributed by atoms with E-state index in [0.717, 1.165) is 44.4 Å². The summed E-state index contributed by atoms with van der Waals surface area (Å²) in [7, 11) is 3.50. The van der Waals surface area contributed by atoms with Crippen LogP contribution in [0.4, 0.5) is 4.79 Å². The molecule has 4 nitrogen and oxygen atoms in total. The van der Waals surface area contributed by atoms with Crippen molar-refractivity contribution < 1.29 is 14.6 Å². The van der Waals surface area contributed by atoms with Gasteiger partial charge in [-0.25, -0.2) is 4.79 Å². The summed E-state index contributed by atoms with van der Waals surface area (Å²) in [6, 6.07) is 0. The maximum atomic E-state index is 12.0. The molecule has 0 unspecified atom stereocenters. The van der Waals surface area contributed by atoms with Crippen LogP contribution in [0.25, 0.3) is 0 Å². The topological polar surface area (TPSA) is 49.8 Å². The Morgan fingerprint density at radius 2 is 1.79 bits per heavy atom. The van der Waals surface area contributed by atoms with E-state index in [9.17, 15) is 9.90 Å². The Morgan fingerprint density at radius 1 is 1.07 bits per heavy atom. The summed E-state index contributed by atoms with van der Waals surface area (Å²) in [4.78, 5) is 13.5. The van der Waals surface area contributed by atoms with Crippen molar-refractivity contribution in [1.82, 2.24) is 4.90 Å². The lowest BCUT2D eigenvalue weighted by Crippen LogP contribution is -2.56. The first kappa shape index (κ1) is 20.1. The third-order valence-electron chi connectivity index (χ3n) is 9.64. The average Bonchev–Trinajstić information content (AvgIpc) is 2.93. The molecule has 156 valence electrons. The van der Waals surface area contributed by atoms with Crippen LogP contribution >= 0.6 is 0 Å². The number of nitrogens with zero attached hydrogens (tertiary/aromatic N) is 1. The van der Waals surface area contributed by atoms with Gasteiger partial charge in [-0.05, 0) is 86.9 Å². The lowest BCUT2D eigenvalue weighted by molar-refractivity contribution is -0.145. The van der Waals surface area contributed by atoms with E-state index < -0.39 is 5.60 Å². The fraction of sp³-hybridized carbons (Fsp3) is 0.875. The summed E-state index contributed by atoms with van der Waals surface area (Å²) < 4.78 is 5.74. The van der Waals surface area contributed by atoms with Crippen LogP contribution in [0.5, 0.6) is 0 Å². The molecule has 0 aliphatic heterocycles. The van der Waals surface area contributed by atoms with Gasteiger partial charge in [0, 0.05) is 19.5 Å². The van der Waals surface area contributed by atoms with E-state index in [1.54, 1.807) is 14.1 Å². The van der Waals surface area contributed by atoms with Gasteiger partial charge in [-0.15, -0.1) is 6.42 Å². The van der Waals surface area contributed by atoms with Crippen LogP contribution < -0.4 is 0 Å². The number of aliphatic hydroxyl groups is 1. The zero-order valence-corrected chi connectivity index (χ0v) is 18.0. The van der Waals surface area contributed by atoms with E-state index >= 15 is 0 Å². The molecule has 0 saturated heterocycles. The summed E-state index contributed by atoms with van der Waals surface area (Å²) >= 11 is 0. The number of fused-ring (bicyclic) bond motifs is 5. The predicted octanol–water partition coefficient (Wildman–Crippen LogP) is 4.46. The molecule has 0 heterocycles. The van der Waals surface area contributed by atoms with Crippen molar-refractivity contribution in [1.29, 1.82) is 0 Å². The average molecular weight is 388 g/mol. The van der Waals surface area contributed by atoms with E-state index in [-0.39, 0.29) is 17.6 Å². The predicted molar refractivity (Wildman–Crippen MR) is 109 cm³/mol. The Bertz CT molecular complexity index is 684. The van der Waals surface area contributed by atoms with Crippen molar-refractivity contribution >= 4 is 6.09 Å². The van der Waals surface area contributed by atoms with Gasteiger partial charge in [0.15, 0.2) is 0 Å². The normalized spacial score (nSPS) is 49.9. The first-order valence-corrected chi connectivity index (χ1v) is 11.2. The minimum absolute atomic E-state index is 0.0661. The number of carbonyl (C=O) groups is 1. The highest BCUT2D eigenvalue weighted by molar-refractivity contribution is 5.66. The summed E-state index contributed by atoms with van der Waals surface area (Å²) in [6.45, 7) is 4.76. The van der Waals surface area contributed by atoms with Crippen LogP contribution in [0.1, 0.15) is 71.6 Å². The van der Waals surface area contributed by atoms with Crippen molar-refractivity contribution in [2.75, 3.05) is 14.1 Å². The second-order valence-electron chi connectivity index (χ2n) is 10.8. The van der Waals surface area contributed by atoms with Gasteiger partial charge in [0.1, 0.15) is 11.7 Å². The fourth-order valence-corrected chi connectivity index (χ4v) is 7.83. The number of terminal acetylenes is 1. The van der Waals surface area contributed by atoms with Gasteiger partial charge >= 0.3 is 6.09 Å². The molecule has 0 radical (unpaired) electrons. The molecule has 4 saturated carbocycles. The van der Waals surface area contributed by atoms with E-state index in [1.807, 2.05) is 0 Å². The summed E-state index contributed by atoms with van der Waals surface area (Å²) in [5.41, 5.74) is -0.703. The smallest absolute Gasteiger partial charge is 0.409 e. The molecule has 1 N–H and O–H groups in total. The number of ether oxygens (including phenoxy) is 1. The Hall–Kier alpha value is -1.21. The Kier molecular flexibility index (Phi) is 4.77. The third kappa shape index (κ3) is 2.72. The number of amides is 1. The second-order valence-corrected chi connectivity index (χ2v) is 10.8. The van der Waals surface area contributed by atoms with Crippen molar-refractivity contribution in [2.45, 2.75) is 83.3 Å². The van der Waals surface area contributed by atoms with E-state index in [1.165, 1.54) is 24.2 Å². The summed E-state index contributed by atoms with van der Waals surface area (Å²) in [5, 5.41) is 11.1. The first-order chi connectivity index (χ1) is 13.1. The molecule has 4 heteroatoms. The van der Waals surface area contributed by atoms with Gasteiger partial charge in [-0.3, -0.25) is 0 Å². The van der Waals surface area contributed by atoms with E-state index in [4.69, 9.17) is 11.2 Å². The van der Waals surface area contributed by atoms with Crippen molar-refractivity contribution in [3.8, 4) is 12.3 Å². The molecule has 4 fully saturated rings. The van der Waals surface area contributed by atoms with Crippen LogP contribution in [0.3, 0.4) is 0 Å². The van der Waals surface area contributed by atoms with Crippen molar-refractivity contribution in [3.05, 3.63) is 0 Å². The molecular formula is C24H37NO3. The van der Waals surface area contributed by atoms with Crippen LogP contribution in [0.15, 0.2) is 0 Å². The molecule has 1 amide bonds. The zero-order chi connectivity index (χ0) is 20.3. The summed E-state index contributed by atoms with van der Waals surface area (Å²) in [6.07, 6.45) is 15.3. The Morgan fingerprint density at radius 3 is 2.46 bits per heavy atom. The molecule has 0 aromatic heterocycles. The molecule has 28 heavy (non-hydrogen) atoms. The molecule has 0 bridgehead atoms. The van der Waals surface area contributed by atoms with Gasteiger partial charge in [-0.1, -0.05) is 19.8 Å². The largest absolute Gasteiger partial charge is 0.446 e. The monoisotopic (exact) mass is 387 g/mol. The highest BCUT2D eigenvalue weighted by atomic mass is 16.6. The van der Waals surface area contributed by atoms with Gasteiger partial charge in [0.2, 0.25) is 0 Å². The highest BCUT2D eigenvalue weighted by Crippen LogP contribution is 2.68. The van der Waals surface area contributed by atoms with Gasteiger partial charge in [0.25, 0.3) is 0 Å². The number of rotatable bonds is 1. The van der Waals surface area contributed by atoms with Gasteiger partial charge < -0.3 is 14.7 Å². The molecule has 4 aliphatic carbocycles. The van der Waals surface area contributed by atoms with E-state index in [0.29, 0.717) is 23.2 Å². The molecule has 4 aliphatic rings. The quantitative estimate of drug-likeness (QED) is 0.676. The maximum absolute atomic E-state index is 12.0. The fourth-order valence-electron chi connectivity index (χ4n) is 7.83. The van der Waals surface area contributed by atoms with Gasteiger partial charge in [0.05, 0.1) is 0 Å². The molecular weight excluding hydrogens is 350 g/mol. The molecule has 4 rings (SSSR count). The molecule has 0 spiro atoms. The molecule has 0 aromatic carbocycles. The molecule has 0 aromatic rings. The number of hydrogen-bond donors (Lipinski definition) is 1. The van der Waals surface area contributed by atoms with Gasteiger partial charge in [-0.2, -0.15) is 0 Å². The van der Waals surface area contributed by atoms with Crippen molar-refractivity contribution in [3.63, 3.8) is 0 Å². The first-order valence-electron chi connectivity index (χ1n) is 11.2. The SMILES string of the molecule is C#C[C@@]1(O)CC[C@H]2[C@@H]3CC[C@H]4C[C@H](OC(=O)N(C)C)CC[C@]4(C)[C@H]3CC[C@@]21C. The second kappa shape index (κ2) is 6.66.